The largest absolute Gasteiger partial charge is 0.379 e. The fourth-order valence-electron chi connectivity index (χ4n) is 11.4. The number of methoxy groups -OCH3 is 2. The highest BCUT2D eigenvalue weighted by Gasteiger charge is 2.45. The number of thiol groups is 1. The van der Waals surface area contributed by atoms with Gasteiger partial charge in [-0.1, -0.05) is 79.5 Å². The van der Waals surface area contributed by atoms with Crippen LogP contribution in [-0.4, -0.2) is 186 Å². The molecule has 24 heteroatoms. The van der Waals surface area contributed by atoms with Crippen molar-refractivity contribution in [1.82, 2.24) is 46.1 Å². The number of H-pyrrole nitrogens is 1. The van der Waals surface area contributed by atoms with Crippen LogP contribution in [0.1, 0.15) is 125 Å². The summed E-state index contributed by atoms with van der Waals surface area (Å²) in [5.41, 5.74) is 18.1. The van der Waals surface area contributed by atoms with E-state index in [1.807, 2.05) is 70.7 Å². The van der Waals surface area contributed by atoms with E-state index in [4.69, 9.17) is 20.9 Å². The van der Waals surface area contributed by atoms with Gasteiger partial charge in [-0.05, 0) is 75.1 Å². The number of Topliss-reactive ketones (excluding diaryl/α,β-unsaturated/α-hetero) is 1. The summed E-state index contributed by atoms with van der Waals surface area (Å²) in [5, 5.41) is 6.80. The lowest BCUT2D eigenvalue weighted by Gasteiger charge is -2.41. The molecule has 9 N–H and O–H groups in total. The zero-order valence-electron chi connectivity index (χ0n) is 50.0. The number of rotatable bonds is 34. The number of likely N-dealkylation sites (N-methyl/N-ethyl adjacent to an activating group) is 2. The second kappa shape index (κ2) is 32.8. The summed E-state index contributed by atoms with van der Waals surface area (Å²) < 4.78 is 12.1. The summed E-state index contributed by atoms with van der Waals surface area (Å²) in [5.74, 6) is -6.86. The Morgan fingerprint density at radius 2 is 1.52 bits per heavy atom. The van der Waals surface area contributed by atoms with Crippen molar-refractivity contribution in [3.05, 3.63) is 36.0 Å². The van der Waals surface area contributed by atoms with Crippen LogP contribution in [0.15, 0.2) is 30.5 Å². The Morgan fingerprint density at radius 3 is 2.12 bits per heavy atom. The van der Waals surface area contributed by atoms with Gasteiger partial charge in [-0.2, -0.15) is 12.6 Å². The molecular formula is C58H93N11O12S. The number of aromatic amines is 1. The van der Waals surface area contributed by atoms with Gasteiger partial charge in [0.2, 0.25) is 53.2 Å². The van der Waals surface area contributed by atoms with E-state index < -0.39 is 102 Å². The minimum absolute atomic E-state index is 0.0451. The van der Waals surface area contributed by atoms with E-state index in [1.54, 1.807) is 37.0 Å². The van der Waals surface area contributed by atoms with Crippen LogP contribution in [0.4, 0.5) is 0 Å². The van der Waals surface area contributed by atoms with Gasteiger partial charge in [-0.15, -0.1) is 0 Å². The van der Waals surface area contributed by atoms with Gasteiger partial charge in [0.15, 0.2) is 5.78 Å². The van der Waals surface area contributed by atoms with E-state index in [2.05, 4.69) is 39.1 Å². The maximum Gasteiger partial charge on any atom is 0.245 e. The first-order valence-corrected chi connectivity index (χ1v) is 29.6. The molecule has 9 amide bonds. The summed E-state index contributed by atoms with van der Waals surface area (Å²) in [6, 6.07) is 3.05. The van der Waals surface area contributed by atoms with Crippen LogP contribution in [-0.2, 0) is 63.8 Å². The number of carbonyl (C=O) groups is 10. The van der Waals surface area contributed by atoms with Crippen molar-refractivity contribution in [1.29, 1.82) is 0 Å². The summed E-state index contributed by atoms with van der Waals surface area (Å²) >= 11 is 4.00. The lowest BCUT2D eigenvalue weighted by molar-refractivity contribution is -0.148. The zero-order valence-corrected chi connectivity index (χ0v) is 50.9. The molecule has 1 aromatic carbocycles. The fraction of sp³-hybridized carbons (Fsp3) is 0.690. The van der Waals surface area contributed by atoms with E-state index in [0.29, 0.717) is 58.0 Å². The van der Waals surface area contributed by atoms with Crippen LogP contribution < -0.4 is 33.0 Å². The molecule has 4 rings (SSSR count). The van der Waals surface area contributed by atoms with Gasteiger partial charge in [0.05, 0.1) is 48.7 Å². The van der Waals surface area contributed by atoms with Crippen molar-refractivity contribution in [2.75, 3.05) is 53.7 Å². The second-order valence-corrected chi connectivity index (χ2v) is 23.2. The molecule has 2 saturated heterocycles. The Balaban J connectivity index is 1.30. The number of ketones is 1. The number of ether oxygens (including phenoxy) is 2. The number of nitrogens with zero attached hydrogens (tertiary/aromatic N) is 4. The quantitative estimate of drug-likeness (QED) is 0.0164. The molecule has 3 heterocycles. The van der Waals surface area contributed by atoms with Gasteiger partial charge in [-0.3, -0.25) is 68.6 Å². The first-order chi connectivity index (χ1) is 38.8. The molecule has 0 spiro atoms. The van der Waals surface area contributed by atoms with Crippen LogP contribution in [0, 0.1) is 29.6 Å². The Labute approximate surface area is 488 Å². The number of primary amides is 1. The third kappa shape index (κ3) is 18.3. The molecule has 1 unspecified atom stereocenters. The van der Waals surface area contributed by atoms with Crippen LogP contribution in [0.2, 0.25) is 0 Å². The highest BCUT2D eigenvalue weighted by molar-refractivity contribution is 7.80. The third-order valence-electron chi connectivity index (χ3n) is 16.3. The molecular weight excluding hydrogens is 1070 g/mol. The Bertz CT molecular complexity index is 2530. The Hall–Kier alpha value is -5.95. The maximum atomic E-state index is 14.7. The first-order valence-electron chi connectivity index (χ1n) is 28.9. The standard InChI is InChI=1S/C58H93N11O12S/c1-12-35(6)51(44(80-10)30-48(73)68-27-18-22-43(68)53(81-11)36(7)55(76)62-42(54(60)75)28-37-31-61-41-21-16-15-20-38(37)41)67(9)58(79)49(33(2)3)63-56(77)50(34(4)5)66(8)25-19-24-46(71)65-64-45(70)23-14-13-17-26-69-47(72)29-39(57(69)78)52(74)40(59)32-82/h15-16,20-21,31,33-36,39-40,42-44,49-51,53,61,82H,12-14,17-19,22-30,32,59H2,1-11H3,(H2,60,75)(H,62,76)(H,63,77)(H,64,70)(H,65,71)/t35-,36+,39?,40-,42-,43-,44+,49-,50-,51-,53+/m0/s1. The molecule has 0 radical (unpaired) electrons. The van der Waals surface area contributed by atoms with Crippen molar-refractivity contribution in [3.8, 4) is 0 Å². The molecule has 2 aromatic rings. The molecule has 23 nitrogen and oxygen atoms in total. The number of hydrogen-bond donors (Lipinski definition) is 8. The predicted molar refractivity (Wildman–Crippen MR) is 313 cm³/mol. The summed E-state index contributed by atoms with van der Waals surface area (Å²) in [7, 11) is 6.45. The Morgan fingerprint density at radius 1 is 0.866 bits per heavy atom. The first kappa shape index (κ1) is 68.5. The minimum atomic E-state index is -1.09. The van der Waals surface area contributed by atoms with Crippen LogP contribution in [0.3, 0.4) is 0 Å². The topological polar surface area (TPSA) is 318 Å². The highest BCUT2D eigenvalue weighted by Crippen LogP contribution is 2.31. The zero-order chi connectivity index (χ0) is 61.1. The number of hydrazine groups is 1. The van der Waals surface area contributed by atoms with Gasteiger partial charge >= 0.3 is 0 Å². The van der Waals surface area contributed by atoms with Crippen molar-refractivity contribution < 1.29 is 57.4 Å². The number of aromatic nitrogens is 1. The van der Waals surface area contributed by atoms with Crippen LogP contribution in [0.5, 0.6) is 0 Å². The number of fused-ring (bicyclic) bond motifs is 1. The summed E-state index contributed by atoms with van der Waals surface area (Å²) in [6.45, 7) is 14.1. The number of para-hydroxylation sites is 1. The highest BCUT2D eigenvalue weighted by atomic mass is 32.1. The van der Waals surface area contributed by atoms with Crippen molar-refractivity contribution in [2.45, 2.75) is 174 Å². The fourth-order valence-corrected chi connectivity index (χ4v) is 11.6. The normalized spacial score (nSPS) is 18.9. The molecule has 2 fully saturated rings. The minimum Gasteiger partial charge on any atom is -0.379 e. The summed E-state index contributed by atoms with van der Waals surface area (Å²) in [4.78, 5) is 142. The van der Waals surface area contributed by atoms with Crippen molar-refractivity contribution in [2.24, 2.45) is 41.1 Å². The SMILES string of the molecule is CC[C@H](C)[C@@H]([C@@H](CC(=O)N1CCC[C@H]1[C@H](OC)[C@@H](C)C(=O)N[C@@H](Cc1c[nH]c2ccccc12)C(N)=O)OC)N(C)C(=O)[C@@H](NC(=O)[C@H](C(C)C)N(C)CCCC(=O)NNC(=O)CCCCCN1C(=O)CC(C(=O)[C@@H](N)CS)C1=O)C(C)C. The number of amides is 9. The van der Waals surface area contributed by atoms with Gasteiger partial charge < -0.3 is 46.4 Å². The lowest BCUT2D eigenvalue weighted by atomic mass is 9.89. The molecule has 0 aliphatic carbocycles. The molecule has 82 heavy (non-hydrogen) atoms. The second-order valence-electron chi connectivity index (χ2n) is 22.9. The number of imide groups is 1. The van der Waals surface area contributed by atoms with Crippen LogP contribution in [0.25, 0.3) is 10.9 Å². The maximum absolute atomic E-state index is 14.7. The average Bonchev–Trinajstić information content (AvgIpc) is 4.21. The third-order valence-corrected chi connectivity index (χ3v) is 16.7. The van der Waals surface area contributed by atoms with E-state index in [0.717, 1.165) is 21.4 Å². The average molecular weight is 1170 g/mol. The smallest absolute Gasteiger partial charge is 0.245 e. The number of nitrogens with two attached hydrogens (primary N) is 2. The number of benzene rings is 1. The molecule has 11 atom stereocenters. The van der Waals surface area contributed by atoms with Gasteiger partial charge in [0.1, 0.15) is 18.0 Å². The number of unbranched alkanes of at least 4 members (excludes halogenated alkanes) is 2. The van der Waals surface area contributed by atoms with E-state index in [9.17, 15) is 47.9 Å². The Kier molecular flexibility index (Phi) is 27.4. The molecule has 0 saturated carbocycles. The number of carbonyl (C=O) groups excluding carboxylic acids is 10. The van der Waals surface area contributed by atoms with Gasteiger partial charge in [0, 0.05) is 82.9 Å². The molecule has 1 aromatic heterocycles. The van der Waals surface area contributed by atoms with E-state index >= 15 is 0 Å². The van der Waals surface area contributed by atoms with E-state index in [-0.39, 0.29) is 79.9 Å². The molecule has 2 aliphatic rings. The van der Waals surface area contributed by atoms with E-state index in [1.165, 1.54) is 14.2 Å². The number of hydrogen-bond acceptors (Lipinski definition) is 15. The number of nitrogens with one attached hydrogen (secondary N) is 5. The van der Waals surface area contributed by atoms with Crippen molar-refractivity contribution >= 4 is 82.5 Å². The monoisotopic (exact) mass is 1170 g/mol. The predicted octanol–water partition coefficient (Wildman–Crippen LogP) is 2.39. The number of likely N-dealkylation sites (tertiary alicyclic amines) is 2. The summed E-state index contributed by atoms with van der Waals surface area (Å²) in [6.07, 6.45) is 3.97. The molecule has 458 valence electrons. The van der Waals surface area contributed by atoms with Gasteiger partial charge in [-0.25, -0.2) is 0 Å². The lowest BCUT2D eigenvalue weighted by Crippen LogP contribution is -2.60. The van der Waals surface area contributed by atoms with Crippen molar-refractivity contribution in [3.63, 3.8) is 0 Å². The van der Waals surface area contributed by atoms with Crippen LogP contribution >= 0.6 is 12.6 Å². The molecule has 2 aliphatic heterocycles. The molecule has 0 bridgehead atoms. The van der Waals surface area contributed by atoms with Gasteiger partial charge in [0.25, 0.3) is 0 Å².